The summed E-state index contributed by atoms with van der Waals surface area (Å²) in [7, 11) is 0. The van der Waals surface area contributed by atoms with Gasteiger partial charge >= 0.3 is 0 Å². The number of rotatable bonds is 3. The van der Waals surface area contributed by atoms with E-state index in [-0.39, 0.29) is 5.60 Å². The van der Waals surface area contributed by atoms with Crippen LogP contribution in [0.5, 0.6) is 0 Å². The lowest BCUT2D eigenvalue weighted by Gasteiger charge is -2.40. The van der Waals surface area contributed by atoms with Crippen molar-refractivity contribution in [1.82, 2.24) is 0 Å². The highest BCUT2D eigenvalue weighted by molar-refractivity contribution is 5.10. The lowest BCUT2D eigenvalue weighted by atomic mass is 9.68. The summed E-state index contributed by atoms with van der Waals surface area (Å²) in [4.78, 5) is 0. The summed E-state index contributed by atoms with van der Waals surface area (Å²) in [5, 5.41) is 10.2. The molecule has 2 rings (SSSR count). The van der Waals surface area contributed by atoms with Crippen molar-refractivity contribution in [2.45, 2.75) is 65.4 Å². The van der Waals surface area contributed by atoms with Crippen LogP contribution in [0, 0.1) is 17.3 Å². The Balaban J connectivity index is 1.93. The maximum absolute atomic E-state index is 10.2. The van der Waals surface area contributed by atoms with Crippen LogP contribution in [0.15, 0.2) is 11.6 Å². The second-order valence-corrected chi connectivity index (χ2v) is 6.78. The lowest BCUT2D eigenvalue weighted by molar-refractivity contribution is -0.0278. The molecule has 0 aromatic carbocycles. The maximum atomic E-state index is 10.2. The molecule has 2 aliphatic carbocycles. The number of allylic oxidation sites excluding steroid dienone is 2. The number of hydrogen-bond donors (Lipinski definition) is 1. The molecule has 4 atom stereocenters. The van der Waals surface area contributed by atoms with Gasteiger partial charge in [-0.2, -0.15) is 0 Å². The summed E-state index contributed by atoms with van der Waals surface area (Å²) in [5.41, 5.74) is 1.57. The zero-order valence-corrected chi connectivity index (χ0v) is 11.2. The minimum atomic E-state index is -0.360. The van der Waals surface area contributed by atoms with E-state index in [9.17, 15) is 5.11 Å². The molecule has 0 spiro atoms. The van der Waals surface area contributed by atoms with Crippen molar-refractivity contribution in [2.24, 2.45) is 17.3 Å². The Hall–Kier alpha value is -0.300. The Morgan fingerprint density at radius 3 is 2.56 bits per heavy atom. The summed E-state index contributed by atoms with van der Waals surface area (Å²) >= 11 is 0. The monoisotopic (exact) mass is 222 g/mol. The van der Waals surface area contributed by atoms with Gasteiger partial charge in [-0.15, -0.1) is 0 Å². The van der Waals surface area contributed by atoms with E-state index in [2.05, 4.69) is 26.8 Å². The molecule has 1 N–H and O–H groups in total. The topological polar surface area (TPSA) is 20.2 Å². The standard InChI is InChI=1S/C15H26O/c1-11(2)6-5-7-14(3)8-9-15(4,16)13-10-12(13)14/h6,12-13,16H,5,7-10H2,1-4H3/t12-,13+,14-,15+/m0/s1. The quantitative estimate of drug-likeness (QED) is 0.718. The van der Waals surface area contributed by atoms with Crippen LogP contribution in [-0.2, 0) is 0 Å². The van der Waals surface area contributed by atoms with Crippen LogP contribution >= 0.6 is 0 Å². The van der Waals surface area contributed by atoms with Gasteiger partial charge in [-0.05, 0) is 70.1 Å². The highest BCUT2D eigenvalue weighted by Gasteiger charge is 2.60. The van der Waals surface area contributed by atoms with Gasteiger partial charge < -0.3 is 5.11 Å². The van der Waals surface area contributed by atoms with E-state index >= 15 is 0 Å². The molecule has 0 saturated heterocycles. The molecule has 1 nitrogen and oxygen atoms in total. The lowest BCUT2D eigenvalue weighted by Crippen LogP contribution is -2.38. The van der Waals surface area contributed by atoms with Crippen LogP contribution in [0.2, 0.25) is 0 Å². The average molecular weight is 222 g/mol. The zero-order chi connectivity index (χ0) is 12.0. The van der Waals surface area contributed by atoms with Crippen molar-refractivity contribution in [3.63, 3.8) is 0 Å². The van der Waals surface area contributed by atoms with Gasteiger partial charge in [0, 0.05) is 0 Å². The SMILES string of the molecule is CC(C)=CCC[C@@]1(C)CC[C@@](C)(O)[C@@H]2C[C@@H]21. The first-order chi connectivity index (χ1) is 7.35. The van der Waals surface area contributed by atoms with E-state index in [4.69, 9.17) is 0 Å². The molecule has 2 saturated carbocycles. The first kappa shape index (κ1) is 12.2. The third-order valence-corrected chi connectivity index (χ3v) is 4.95. The molecule has 16 heavy (non-hydrogen) atoms. The van der Waals surface area contributed by atoms with Gasteiger partial charge in [0.25, 0.3) is 0 Å². The van der Waals surface area contributed by atoms with Crippen molar-refractivity contribution >= 4 is 0 Å². The summed E-state index contributed by atoms with van der Waals surface area (Å²) in [6, 6.07) is 0. The Kier molecular flexibility index (Phi) is 2.94. The van der Waals surface area contributed by atoms with Gasteiger partial charge in [-0.3, -0.25) is 0 Å². The van der Waals surface area contributed by atoms with Gasteiger partial charge in [0.05, 0.1) is 5.60 Å². The van der Waals surface area contributed by atoms with E-state index in [0.29, 0.717) is 11.3 Å². The molecule has 0 aromatic heterocycles. The average Bonchev–Trinajstić information content (AvgIpc) is 2.93. The highest BCUT2D eigenvalue weighted by Crippen LogP contribution is 2.64. The van der Waals surface area contributed by atoms with Gasteiger partial charge in [-0.25, -0.2) is 0 Å². The van der Waals surface area contributed by atoms with E-state index in [1.54, 1.807) is 0 Å². The largest absolute Gasteiger partial charge is 0.390 e. The first-order valence-electron chi connectivity index (χ1n) is 6.71. The number of aliphatic hydroxyl groups is 1. The first-order valence-corrected chi connectivity index (χ1v) is 6.71. The molecule has 0 aromatic rings. The van der Waals surface area contributed by atoms with Crippen LogP contribution in [0.4, 0.5) is 0 Å². The minimum Gasteiger partial charge on any atom is -0.390 e. The van der Waals surface area contributed by atoms with Gasteiger partial charge in [-0.1, -0.05) is 18.6 Å². The van der Waals surface area contributed by atoms with Crippen molar-refractivity contribution in [2.75, 3.05) is 0 Å². The molecule has 0 aliphatic heterocycles. The van der Waals surface area contributed by atoms with Crippen LogP contribution in [0.1, 0.15) is 59.8 Å². The van der Waals surface area contributed by atoms with Gasteiger partial charge in [0.2, 0.25) is 0 Å². The van der Waals surface area contributed by atoms with E-state index < -0.39 is 0 Å². The summed E-state index contributed by atoms with van der Waals surface area (Å²) in [5.74, 6) is 1.39. The predicted molar refractivity (Wildman–Crippen MR) is 68.2 cm³/mol. The predicted octanol–water partition coefficient (Wildman–Crippen LogP) is 3.92. The fourth-order valence-electron chi connectivity index (χ4n) is 3.56. The zero-order valence-electron chi connectivity index (χ0n) is 11.2. The molecule has 2 aliphatic rings. The van der Waals surface area contributed by atoms with Gasteiger partial charge in [0.1, 0.15) is 0 Å². The smallest absolute Gasteiger partial charge is 0.0651 e. The van der Waals surface area contributed by atoms with E-state index in [1.807, 2.05) is 6.92 Å². The fraction of sp³-hybridized carbons (Fsp3) is 0.867. The van der Waals surface area contributed by atoms with Crippen molar-refractivity contribution in [1.29, 1.82) is 0 Å². The number of hydrogen-bond acceptors (Lipinski definition) is 1. The van der Waals surface area contributed by atoms with E-state index in [1.165, 1.54) is 31.3 Å². The molecule has 2 fully saturated rings. The second kappa shape index (κ2) is 3.87. The third kappa shape index (κ3) is 2.20. The van der Waals surface area contributed by atoms with Crippen molar-refractivity contribution < 1.29 is 5.11 Å². The summed E-state index contributed by atoms with van der Waals surface area (Å²) in [6.45, 7) is 8.82. The van der Waals surface area contributed by atoms with Crippen molar-refractivity contribution in [3.05, 3.63) is 11.6 Å². The molecule has 0 radical (unpaired) electrons. The normalized spacial score (nSPS) is 46.1. The molecule has 0 heterocycles. The molecule has 0 bridgehead atoms. The fourth-order valence-corrected chi connectivity index (χ4v) is 3.56. The molecule has 1 heteroatoms. The third-order valence-electron chi connectivity index (χ3n) is 4.95. The Morgan fingerprint density at radius 2 is 1.94 bits per heavy atom. The van der Waals surface area contributed by atoms with Crippen LogP contribution < -0.4 is 0 Å². The second-order valence-electron chi connectivity index (χ2n) is 6.78. The molecular formula is C15H26O. The van der Waals surface area contributed by atoms with E-state index in [0.717, 1.165) is 12.3 Å². The molecule has 92 valence electrons. The van der Waals surface area contributed by atoms with Crippen LogP contribution in [0.25, 0.3) is 0 Å². The Labute approximate surface area is 99.9 Å². The Bertz CT molecular complexity index is 299. The summed E-state index contributed by atoms with van der Waals surface area (Å²) < 4.78 is 0. The van der Waals surface area contributed by atoms with Gasteiger partial charge in [0.15, 0.2) is 0 Å². The Morgan fingerprint density at radius 1 is 1.25 bits per heavy atom. The van der Waals surface area contributed by atoms with Crippen molar-refractivity contribution in [3.8, 4) is 0 Å². The van der Waals surface area contributed by atoms with Crippen LogP contribution in [-0.4, -0.2) is 10.7 Å². The molecule has 0 amide bonds. The molecule has 0 unspecified atom stereocenters. The minimum absolute atomic E-state index is 0.360. The number of fused-ring (bicyclic) bond motifs is 1. The molecular weight excluding hydrogens is 196 g/mol. The maximum Gasteiger partial charge on any atom is 0.0651 e. The summed E-state index contributed by atoms with van der Waals surface area (Å²) in [6.07, 6.45) is 8.34. The highest BCUT2D eigenvalue weighted by atomic mass is 16.3. The van der Waals surface area contributed by atoms with Crippen LogP contribution in [0.3, 0.4) is 0 Å².